The van der Waals surface area contributed by atoms with Crippen molar-refractivity contribution in [1.82, 2.24) is 9.66 Å². The third-order valence-electron chi connectivity index (χ3n) is 4.99. The van der Waals surface area contributed by atoms with E-state index in [-0.39, 0.29) is 22.5 Å². The molecular weight excluding hydrogens is 532 g/mol. The van der Waals surface area contributed by atoms with Gasteiger partial charge in [0.05, 0.1) is 33.1 Å². The van der Waals surface area contributed by atoms with E-state index in [1.165, 1.54) is 18.3 Å². The predicted molar refractivity (Wildman–Crippen MR) is 137 cm³/mol. The molecule has 3 aromatic carbocycles. The molecule has 0 bridgehead atoms. The summed E-state index contributed by atoms with van der Waals surface area (Å²) in [4.78, 5) is 40.6. The number of hydrogen-bond donors (Lipinski definition) is 0. The fourth-order valence-electron chi connectivity index (χ4n) is 3.42. The van der Waals surface area contributed by atoms with Gasteiger partial charge in [0.15, 0.2) is 12.4 Å². The highest BCUT2D eigenvalue weighted by atomic mass is 79.9. The third-order valence-corrected chi connectivity index (χ3v) is 5.58. The minimum Gasteiger partial charge on any atom is -0.474 e. The van der Waals surface area contributed by atoms with E-state index in [4.69, 9.17) is 9.47 Å². The van der Waals surface area contributed by atoms with Gasteiger partial charge in [-0.2, -0.15) is 9.78 Å². The third kappa shape index (κ3) is 5.31. The second-order valence-corrected chi connectivity index (χ2v) is 8.24. The molecule has 36 heavy (non-hydrogen) atoms. The summed E-state index contributed by atoms with van der Waals surface area (Å²) < 4.78 is 11.5. The maximum absolute atomic E-state index is 13.3. The second-order valence-electron chi connectivity index (χ2n) is 7.38. The van der Waals surface area contributed by atoms with Crippen molar-refractivity contribution in [3.05, 3.63) is 97.2 Å². The average Bonchev–Trinajstić information content (AvgIpc) is 2.87. The van der Waals surface area contributed by atoms with Gasteiger partial charge in [-0.1, -0.05) is 42.5 Å². The number of aromatic nitrogens is 2. The van der Waals surface area contributed by atoms with Crippen LogP contribution >= 0.6 is 15.9 Å². The number of para-hydroxylation sites is 1. The Hall–Kier alpha value is -4.38. The summed E-state index contributed by atoms with van der Waals surface area (Å²) in [7, 11) is 0. The van der Waals surface area contributed by atoms with Crippen LogP contribution in [-0.2, 0) is 9.53 Å². The fourth-order valence-corrected chi connectivity index (χ4v) is 4.00. The largest absolute Gasteiger partial charge is 0.474 e. The Morgan fingerprint density at radius 1 is 1.17 bits per heavy atom. The van der Waals surface area contributed by atoms with E-state index in [0.717, 1.165) is 4.68 Å². The van der Waals surface area contributed by atoms with Crippen LogP contribution in [-0.4, -0.2) is 40.0 Å². The van der Waals surface area contributed by atoms with Crippen LogP contribution in [0.3, 0.4) is 0 Å². The van der Waals surface area contributed by atoms with Gasteiger partial charge in [-0.25, -0.2) is 9.78 Å². The number of carbonyl (C=O) groups is 1. The molecule has 0 fully saturated rings. The molecule has 0 aliphatic rings. The van der Waals surface area contributed by atoms with E-state index in [9.17, 15) is 19.7 Å². The first-order valence-corrected chi connectivity index (χ1v) is 11.6. The molecule has 1 aromatic heterocycles. The fraction of sp³-hybridized carbons (Fsp3) is 0.120. The zero-order valence-electron chi connectivity index (χ0n) is 19.0. The van der Waals surface area contributed by atoms with E-state index >= 15 is 0 Å². The van der Waals surface area contributed by atoms with Crippen molar-refractivity contribution in [3.63, 3.8) is 0 Å². The molecule has 182 valence electrons. The van der Waals surface area contributed by atoms with E-state index in [2.05, 4.69) is 26.0 Å². The monoisotopic (exact) mass is 550 g/mol. The summed E-state index contributed by atoms with van der Waals surface area (Å²) in [6.07, 6.45) is 1.32. The zero-order chi connectivity index (χ0) is 25.7. The van der Waals surface area contributed by atoms with Gasteiger partial charge in [0, 0.05) is 17.2 Å². The molecular formula is C25H19BrN4O6. The highest BCUT2D eigenvalue weighted by Crippen LogP contribution is 2.36. The number of carbonyl (C=O) groups excluding carboxylic acids is 1. The van der Waals surface area contributed by atoms with Crippen molar-refractivity contribution >= 4 is 44.7 Å². The van der Waals surface area contributed by atoms with Crippen molar-refractivity contribution < 1.29 is 19.2 Å². The highest BCUT2D eigenvalue weighted by Gasteiger charge is 2.21. The molecule has 11 heteroatoms. The van der Waals surface area contributed by atoms with Gasteiger partial charge in [-0.05, 0) is 41.1 Å². The van der Waals surface area contributed by atoms with Gasteiger partial charge in [0.2, 0.25) is 5.75 Å². The molecule has 0 radical (unpaired) electrons. The Kier molecular flexibility index (Phi) is 7.50. The van der Waals surface area contributed by atoms with Gasteiger partial charge in [-0.3, -0.25) is 14.9 Å². The lowest BCUT2D eigenvalue weighted by molar-refractivity contribution is -0.385. The zero-order valence-corrected chi connectivity index (χ0v) is 20.5. The second kappa shape index (κ2) is 10.9. The Morgan fingerprint density at radius 2 is 1.89 bits per heavy atom. The first-order valence-electron chi connectivity index (χ1n) is 10.8. The van der Waals surface area contributed by atoms with Gasteiger partial charge in [-0.15, -0.1) is 0 Å². The molecule has 0 saturated carbocycles. The Bertz CT molecular complexity index is 1540. The Morgan fingerprint density at radius 3 is 2.61 bits per heavy atom. The van der Waals surface area contributed by atoms with Gasteiger partial charge >= 0.3 is 11.7 Å². The lowest BCUT2D eigenvalue weighted by Gasteiger charge is -2.10. The number of halogens is 1. The Labute approximate surface area is 213 Å². The van der Waals surface area contributed by atoms with Crippen molar-refractivity contribution in [2.24, 2.45) is 5.10 Å². The molecule has 1 heterocycles. The lowest BCUT2D eigenvalue weighted by atomic mass is 10.2. The molecule has 4 rings (SSSR count). The van der Waals surface area contributed by atoms with E-state index in [0.29, 0.717) is 27.9 Å². The van der Waals surface area contributed by atoms with Gasteiger partial charge in [0.25, 0.3) is 5.56 Å². The summed E-state index contributed by atoms with van der Waals surface area (Å²) in [6, 6.07) is 18.8. The molecule has 0 spiro atoms. The molecule has 0 N–H and O–H groups in total. The molecule has 0 aliphatic heterocycles. The van der Waals surface area contributed by atoms with Crippen LogP contribution in [0.2, 0.25) is 0 Å². The number of esters is 1. The van der Waals surface area contributed by atoms with Crippen LogP contribution in [0.5, 0.6) is 5.75 Å². The van der Waals surface area contributed by atoms with Crippen LogP contribution in [0.4, 0.5) is 5.69 Å². The van der Waals surface area contributed by atoms with Crippen LogP contribution in [0.25, 0.3) is 22.3 Å². The van der Waals surface area contributed by atoms with Crippen molar-refractivity contribution in [2.75, 3.05) is 13.2 Å². The quantitative estimate of drug-likeness (QED) is 0.136. The lowest BCUT2D eigenvalue weighted by Crippen LogP contribution is -2.20. The van der Waals surface area contributed by atoms with Gasteiger partial charge < -0.3 is 9.47 Å². The molecule has 0 saturated heterocycles. The number of hydrogen-bond acceptors (Lipinski definition) is 8. The number of nitrogens with zero attached hydrogens (tertiary/aromatic N) is 4. The SMILES string of the molecule is CCOC(=O)COc1c(Br)cc(C=Nn2c(-c3ccccc3)nc3ccccc3c2=O)cc1[N+](=O)[O-]. The first kappa shape index (κ1) is 24.7. The van der Waals surface area contributed by atoms with Crippen LogP contribution in [0, 0.1) is 10.1 Å². The van der Waals surface area contributed by atoms with Crippen LogP contribution in [0.1, 0.15) is 12.5 Å². The summed E-state index contributed by atoms with van der Waals surface area (Å²) in [5, 5.41) is 16.4. The van der Waals surface area contributed by atoms with Crippen LogP contribution < -0.4 is 10.3 Å². The van der Waals surface area contributed by atoms with Crippen molar-refractivity contribution in [1.29, 1.82) is 0 Å². The molecule has 10 nitrogen and oxygen atoms in total. The summed E-state index contributed by atoms with van der Waals surface area (Å²) >= 11 is 3.26. The van der Waals surface area contributed by atoms with Crippen molar-refractivity contribution in [3.8, 4) is 17.1 Å². The first-order chi connectivity index (χ1) is 17.4. The highest BCUT2D eigenvalue weighted by molar-refractivity contribution is 9.10. The number of benzene rings is 3. The van der Waals surface area contributed by atoms with E-state index < -0.39 is 23.1 Å². The maximum atomic E-state index is 13.3. The molecule has 0 atom stereocenters. The Balaban J connectivity index is 1.78. The van der Waals surface area contributed by atoms with Crippen LogP contribution in [0.15, 0.2) is 81.1 Å². The topological polar surface area (TPSA) is 126 Å². The summed E-state index contributed by atoms with van der Waals surface area (Å²) in [5.41, 5.74) is 0.735. The minimum atomic E-state index is -0.652. The molecule has 0 amide bonds. The number of fused-ring (bicyclic) bond motifs is 1. The van der Waals surface area contributed by atoms with Gasteiger partial charge in [0.1, 0.15) is 0 Å². The number of ether oxygens (including phenoxy) is 2. The summed E-state index contributed by atoms with van der Waals surface area (Å²) in [6.45, 7) is 1.32. The summed E-state index contributed by atoms with van der Waals surface area (Å²) in [5.74, 6) is -0.459. The average molecular weight is 551 g/mol. The maximum Gasteiger partial charge on any atom is 0.344 e. The standard InChI is InChI=1S/C25H19BrN4O6/c1-2-35-22(31)15-36-23-19(26)12-16(13-21(23)30(33)34)14-27-29-24(17-8-4-3-5-9-17)28-20-11-7-6-10-18(20)25(29)32/h3-14H,2,15H2,1H3. The molecule has 4 aromatic rings. The number of rotatable bonds is 8. The molecule has 0 aliphatic carbocycles. The smallest absolute Gasteiger partial charge is 0.344 e. The van der Waals surface area contributed by atoms with E-state index in [1.54, 1.807) is 43.3 Å². The number of nitro benzene ring substituents is 1. The number of nitro groups is 1. The molecule has 0 unspecified atom stereocenters. The minimum absolute atomic E-state index is 0.125. The van der Waals surface area contributed by atoms with Crippen molar-refractivity contribution in [2.45, 2.75) is 6.92 Å². The normalized spacial score (nSPS) is 11.1. The van der Waals surface area contributed by atoms with E-state index in [1.807, 2.05) is 18.2 Å². The predicted octanol–water partition coefficient (Wildman–Crippen LogP) is 4.56.